The molecule has 17 heavy (non-hydrogen) atoms. The highest BCUT2D eigenvalue weighted by Crippen LogP contribution is 2.35. The summed E-state index contributed by atoms with van der Waals surface area (Å²) in [4.78, 5) is 7.18. The van der Waals surface area contributed by atoms with Crippen molar-refractivity contribution in [1.82, 2.24) is 4.98 Å². The van der Waals surface area contributed by atoms with E-state index < -0.39 is 5.92 Å². The predicted molar refractivity (Wildman–Crippen MR) is 65.3 cm³/mol. The van der Waals surface area contributed by atoms with Crippen molar-refractivity contribution in [2.75, 3.05) is 0 Å². The van der Waals surface area contributed by atoms with Gasteiger partial charge in [0.25, 0.3) is 11.7 Å². The van der Waals surface area contributed by atoms with Crippen molar-refractivity contribution in [3.63, 3.8) is 0 Å². The highest BCUT2D eigenvalue weighted by molar-refractivity contribution is 9.10. The summed E-state index contributed by atoms with van der Waals surface area (Å²) < 4.78 is 27.0. The van der Waals surface area contributed by atoms with E-state index in [0.717, 1.165) is 12.3 Å². The van der Waals surface area contributed by atoms with Gasteiger partial charge in [0.2, 0.25) is 0 Å². The summed E-state index contributed by atoms with van der Waals surface area (Å²) in [5.41, 5.74) is 0.276. The van der Waals surface area contributed by atoms with Gasteiger partial charge in [0.05, 0.1) is 0 Å². The fraction of sp³-hybridized carbons (Fsp3) is 0.167. The number of halogens is 3. The molecule has 5 heteroatoms. The molecular formula is C12H7BrF2N2. The quantitative estimate of drug-likeness (QED) is 0.700. The van der Waals surface area contributed by atoms with Crippen LogP contribution in [0.3, 0.4) is 0 Å². The second-order valence-electron chi connectivity index (χ2n) is 3.69. The van der Waals surface area contributed by atoms with Gasteiger partial charge >= 0.3 is 0 Å². The van der Waals surface area contributed by atoms with Crippen LogP contribution >= 0.6 is 15.9 Å². The molecule has 0 fully saturated rings. The zero-order valence-electron chi connectivity index (χ0n) is 8.84. The summed E-state index contributed by atoms with van der Waals surface area (Å²) in [5.74, 6) is -2.74. The van der Waals surface area contributed by atoms with Crippen molar-refractivity contribution in [3.8, 4) is 0 Å². The summed E-state index contributed by atoms with van der Waals surface area (Å²) in [6, 6.07) is 6.15. The standard InChI is InChI=1S/C12H7BrF2N2/c1-12(14,15)8-6-10-7(5-9(8)13)3-4-11(16-2)17-10/h3-6H,1H3. The fourth-order valence-corrected chi connectivity index (χ4v) is 2.24. The van der Waals surface area contributed by atoms with Crippen LogP contribution in [0.15, 0.2) is 28.7 Å². The molecule has 0 saturated heterocycles. The fourth-order valence-electron chi connectivity index (χ4n) is 1.53. The Balaban J connectivity index is 2.74. The van der Waals surface area contributed by atoms with E-state index in [1.165, 1.54) is 6.07 Å². The van der Waals surface area contributed by atoms with E-state index in [4.69, 9.17) is 6.57 Å². The number of aromatic nitrogens is 1. The Morgan fingerprint density at radius 1 is 1.35 bits per heavy atom. The molecule has 0 atom stereocenters. The maximum atomic E-state index is 13.3. The predicted octanol–water partition coefficient (Wildman–Crippen LogP) is 4.66. The first kappa shape index (κ1) is 11.9. The summed E-state index contributed by atoms with van der Waals surface area (Å²) in [6.07, 6.45) is 0. The molecule has 0 unspecified atom stereocenters. The van der Waals surface area contributed by atoms with Crippen molar-refractivity contribution in [2.45, 2.75) is 12.8 Å². The van der Waals surface area contributed by atoms with E-state index in [1.54, 1.807) is 18.2 Å². The van der Waals surface area contributed by atoms with Crippen LogP contribution in [0, 0.1) is 6.57 Å². The van der Waals surface area contributed by atoms with Gasteiger partial charge in [-0.15, -0.1) is 4.98 Å². The van der Waals surface area contributed by atoms with Crippen LogP contribution in [0.25, 0.3) is 15.7 Å². The minimum absolute atomic E-state index is 0.125. The number of hydrogen-bond donors (Lipinski definition) is 0. The maximum absolute atomic E-state index is 13.3. The van der Waals surface area contributed by atoms with Crippen LogP contribution in [0.4, 0.5) is 14.6 Å². The smallest absolute Gasteiger partial charge is 0.271 e. The maximum Gasteiger partial charge on any atom is 0.271 e. The van der Waals surface area contributed by atoms with Gasteiger partial charge in [-0.2, -0.15) is 0 Å². The Morgan fingerprint density at radius 2 is 2.06 bits per heavy atom. The third-order valence-corrected chi connectivity index (χ3v) is 3.01. The van der Waals surface area contributed by atoms with E-state index in [-0.39, 0.29) is 11.4 Å². The molecule has 0 N–H and O–H groups in total. The third-order valence-electron chi connectivity index (χ3n) is 2.35. The van der Waals surface area contributed by atoms with Gasteiger partial charge in [-0.25, -0.2) is 8.78 Å². The lowest BCUT2D eigenvalue weighted by molar-refractivity contribution is 0.0168. The van der Waals surface area contributed by atoms with Crippen LogP contribution in [-0.4, -0.2) is 4.98 Å². The van der Waals surface area contributed by atoms with Gasteiger partial charge in [-0.3, -0.25) is 0 Å². The lowest BCUT2D eigenvalue weighted by Gasteiger charge is -2.12. The van der Waals surface area contributed by atoms with Gasteiger partial charge in [-0.05, 0) is 18.2 Å². The molecular weight excluding hydrogens is 290 g/mol. The molecule has 0 aliphatic carbocycles. The molecule has 0 amide bonds. The molecule has 2 rings (SSSR count). The number of alkyl halides is 2. The Morgan fingerprint density at radius 3 is 2.65 bits per heavy atom. The molecule has 0 aliphatic heterocycles. The van der Waals surface area contributed by atoms with E-state index in [1.807, 2.05) is 0 Å². The van der Waals surface area contributed by atoms with Crippen molar-refractivity contribution in [1.29, 1.82) is 0 Å². The van der Waals surface area contributed by atoms with E-state index in [9.17, 15) is 8.78 Å². The number of benzene rings is 1. The molecule has 1 aromatic heterocycles. The molecule has 86 valence electrons. The van der Waals surface area contributed by atoms with Crippen molar-refractivity contribution >= 4 is 32.7 Å². The highest BCUT2D eigenvalue weighted by atomic mass is 79.9. The molecule has 0 saturated carbocycles. The number of pyridine rings is 1. The van der Waals surface area contributed by atoms with Gasteiger partial charge in [0, 0.05) is 22.3 Å². The largest absolute Gasteiger partial charge is 0.361 e. The Hall–Kier alpha value is -1.54. The van der Waals surface area contributed by atoms with Crippen LogP contribution in [-0.2, 0) is 5.92 Å². The molecule has 0 aliphatic rings. The van der Waals surface area contributed by atoms with Gasteiger partial charge in [0.15, 0.2) is 5.52 Å². The number of rotatable bonds is 1. The number of fused-ring (bicyclic) bond motifs is 1. The normalized spacial score (nSPS) is 11.5. The highest BCUT2D eigenvalue weighted by Gasteiger charge is 2.28. The number of hydrogen-bond acceptors (Lipinski definition) is 1. The summed E-state index contributed by atoms with van der Waals surface area (Å²) in [6.45, 7) is 7.67. The molecule has 2 nitrogen and oxygen atoms in total. The van der Waals surface area contributed by atoms with Crippen LogP contribution in [0.2, 0.25) is 0 Å². The monoisotopic (exact) mass is 296 g/mol. The summed E-state index contributed by atoms with van der Waals surface area (Å²) in [7, 11) is 0. The van der Waals surface area contributed by atoms with E-state index in [0.29, 0.717) is 9.99 Å². The van der Waals surface area contributed by atoms with Crippen molar-refractivity contribution < 1.29 is 8.78 Å². The van der Waals surface area contributed by atoms with E-state index in [2.05, 4.69) is 25.8 Å². The molecule has 1 aromatic carbocycles. The minimum atomic E-state index is -2.94. The van der Waals surface area contributed by atoms with E-state index >= 15 is 0 Å². The van der Waals surface area contributed by atoms with Crippen molar-refractivity contribution in [2.24, 2.45) is 0 Å². The SMILES string of the molecule is [C-]#[N+]c1ccc2cc(Br)c(C(C)(F)F)cc2n1. The zero-order valence-corrected chi connectivity index (χ0v) is 10.4. The van der Waals surface area contributed by atoms with Crippen LogP contribution < -0.4 is 0 Å². The van der Waals surface area contributed by atoms with Gasteiger partial charge < -0.3 is 4.85 Å². The topological polar surface area (TPSA) is 17.2 Å². The minimum Gasteiger partial charge on any atom is -0.361 e. The Bertz CT molecular complexity index is 627. The molecule has 0 radical (unpaired) electrons. The molecule has 1 heterocycles. The molecule has 0 bridgehead atoms. The second kappa shape index (κ2) is 4.04. The lowest BCUT2D eigenvalue weighted by Crippen LogP contribution is -2.08. The van der Waals surface area contributed by atoms with Crippen molar-refractivity contribution in [3.05, 3.63) is 45.7 Å². The van der Waals surface area contributed by atoms with Gasteiger partial charge in [-0.1, -0.05) is 28.6 Å². The van der Waals surface area contributed by atoms with Crippen LogP contribution in [0.5, 0.6) is 0 Å². The Kier molecular flexibility index (Phi) is 2.84. The zero-order chi connectivity index (χ0) is 12.6. The molecule has 0 spiro atoms. The first-order chi connectivity index (χ1) is 7.91. The average Bonchev–Trinajstić information content (AvgIpc) is 2.26. The van der Waals surface area contributed by atoms with Gasteiger partial charge in [0.1, 0.15) is 0 Å². The first-order valence-corrected chi connectivity index (χ1v) is 5.57. The molecule has 2 aromatic rings. The summed E-state index contributed by atoms with van der Waals surface area (Å²) >= 11 is 3.12. The average molecular weight is 297 g/mol. The number of nitrogens with zero attached hydrogens (tertiary/aromatic N) is 2. The summed E-state index contributed by atoms with van der Waals surface area (Å²) in [5, 5.41) is 0.720. The lowest BCUT2D eigenvalue weighted by atomic mass is 10.1. The second-order valence-corrected chi connectivity index (χ2v) is 4.55. The van der Waals surface area contributed by atoms with Crippen LogP contribution in [0.1, 0.15) is 12.5 Å². The third kappa shape index (κ3) is 2.27. The first-order valence-electron chi connectivity index (χ1n) is 4.78. The Labute approximate surface area is 105 Å².